The van der Waals surface area contributed by atoms with E-state index in [1.54, 1.807) is 66.7 Å². The minimum Gasteiger partial charge on any atom is -0.467 e. The highest BCUT2D eigenvalue weighted by molar-refractivity contribution is 6.30. The summed E-state index contributed by atoms with van der Waals surface area (Å²) in [4.78, 5) is 38.9. The average molecular weight is 437 g/mol. The molecule has 31 heavy (non-hydrogen) atoms. The van der Waals surface area contributed by atoms with Gasteiger partial charge < -0.3 is 9.73 Å². The van der Waals surface area contributed by atoms with Crippen molar-refractivity contribution in [1.29, 1.82) is 0 Å². The summed E-state index contributed by atoms with van der Waals surface area (Å²) in [6, 6.07) is 18.7. The lowest BCUT2D eigenvalue weighted by Crippen LogP contribution is -2.46. The molecule has 0 fully saturated rings. The molecular weight excluding hydrogens is 420 g/mol. The first kappa shape index (κ1) is 20.4. The highest BCUT2D eigenvalue weighted by Crippen LogP contribution is 2.11. The Morgan fingerprint density at radius 1 is 1.03 bits per heavy atom. The lowest BCUT2D eigenvalue weighted by Gasteiger charge is -2.12. The molecular formula is C22H17ClN4O4. The number of rotatable bonds is 6. The molecule has 0 unspecified atom stereocenters. The fraction of sp³-hybridized carbons (Fsp3) is 0.0909. The van der Waals surface area contributed by atoms with E-state index in [1.165, 1.54) is 6.26 Å². The summed E-state index contributed by atoms with van der Waals surface area (Å²) in [5.74, 6) is -0.199. The third-order valence-electron chi connectivity index (χ3n) is 4.51. The minimum absolute atomic E-state index is 0.0634. The molecule has 4 aromatic rings. The quantitative estimate of drug-likeness (QED) is 0.501. The molecule has 8 nitrogen and oxygen atoms in total. The lowest BCUT2D eigenvalue weighted by atomic mass is 10.2. The van der Waals surface area contributed by atoms with Gasteiger partial charge >= 0.3 is 5.69 Å². The van der Waals surface area contributed by atoms with Crippen molar-refractivity contribution in [2.24, 2.45) is 0 Å². The number of hydrogen-bond donors (Lipinski definition) is 1. The molecule has 2 heterocycles. The Bertz CT molecular complexity index is 1330. The van der Waals surface area contributed by atoms with Gasteiger partial charge in [-0.05, 0) is 42.0 Å². The number of aromatic nitrogens is 3. The molecule has 0 aliphatic rings. The Balaban J connectivity index is 1.79. The van der Waals surface area contributed by atoms with Crippen LogP contribution < -0.4 is 16.6 Å². The third kappa shape index (κ3) is 4.49. The monoisotopic (exact) mass is 436 g/mol. The second kappa shape index (κ2) is 8.85. The Labute approximate surface area is 181 Å². The zero-order valence-corrected chi connectivity index (χ0v) is 17.0. The Kier molecular flexibility index (Phi) is 5.81. The van der Waals surface area contributed by atoms with Gasteiger partial charge in [0.1, 0.15) is 5.76 Å². The summed E-state index contributed by atoms with van der Waals surface area (Å²) in [6.45, 7) is 0.0117. The SMILES string of the molecule is O=C(NCc1ccco1)c1nn(-c2ccccc2)c(=O)n(Cc2cccc(Cl)c2)c1=O. The van der Waals surface area contributed by atoms with Crippen molar-refractivity contribution < 1.29 is 9.21 Å². The van der Waals surface area contributed by atoms with E-state index in [0.29, 0.717) is 22.0 Å². The van der Waals surface area contributed by atoms with Gasteiger partial charge in [0.15, 0.2) is 0 Å². The number of hydrogen-bond acceptors (Lipinski definition) is 5. The predicted octanol–water partition coefficient (Wildman–Crippen LogP) is 2.62. The average Bonchev–Trinajstić information content (AvgIpc) is 3.29. The van der Waals surface area contributed by atoms with Gasteiger partial charge in [-0.25, -0.2) is 4.79 Å². The van der Waals surface area contributed by atoms with Crippen molar-refractivity contribution in [3.05, 3.63) is 116 Å². The maximum Gasteiger partial charge on any atom is 0.352 e. The molecule has 0 spiro atoms. The minimum atomic E-state index is -0.797. The highest BCUT2D eigenvalue weighted by atomic mass is 35.5. The van der Waals surface area contributed by atoms with Gasteiger partial charge in [-0.15, -0.1) is 0 Å². The van der Waals surface area contributed by atoms with Crippen LogP contribution in [0.2, 0.25) is 5.02 Å². The first-order valence-corrected chi connectivity index (χ1v) is 9.75. The van der Waals surface area contributed by atoms with Crippen LogP contribution in [0.3, 0.4) is 0 Å². The third-order valence-corrected chi connectivity index (χ3v) is 4.74. The van der Waals surface area contributed by atoms with Crippen LogP contribution in [0.5, 0.6) is 0 Å². The van der Waals surface area contributed by atoms with Gasteiger partial charge in [0.2, 0.25) is 5.69 Å². The molecule has 0 saturated carbocycles. The van der Waals surface area contributed by atoms with Crippen LogP contribution in [0.25, 0.3) is 5.69 Å². The zero-order valence-electron chi connectivity index (χ0n) is 16.2. The largest absolute Gasteiger partial charge is 0.467 e. The van der Waals surface area contributed by atoms with E-state index in [-0.39, 0.29) is 13.1 Å². The summed E-state index contributed by atoms with van der Waals surface area (Å²) in [7, 11) is 0. The number of amides is 1. The first-order valence-electron chi connectivity index (χ1n) is 9.37. The van der Waals surface area contributed by atoms with Crippen LogP contribution in [0.4, 0.5) is 0 Å². The molecule has 0 radical (unpaired) electrons. The summed E-state index contributed by atoms with van der Waals surface area (Å²) in [6.07, 6.45) is 1.48. The number of halogens is 1. The van der Waals surface area contributed by atoms with Gasteiger partial charge in [0, 0.05) is 5.02 Å². The number of benzene rings is 2. The Morgan fingerprint density at radius 3 is 2.55 bits per heavy atom. The van der Waals surface area contributed by atoms with Crippen LogP contribution in [0.1, 0.15) is 21.8 Å². The van der Waals surface area contributed by atoms with Gasteiger partial charge in [0.05, 0.1) is 25.0 Å². The Morgan fingerprint density at radius 2 is 1.84 bits per heavy atom. The molecule has 0 saturated heterocycles. The van der Waals surface area contributed by atoms with E-state index in [9.17, 15) is 14.4 Å². The molecule has 2 aromatic heterocycles. The van der Waals surface area contributed by atoms with Gasteiger partial charge in [-0.2, -0.15) is 9.78 Å². The summed E-state index contributed by atoms with van der Waals surface area (Å²) < 4.78 is 7.19. The first-order chi connectivity index (χ1) is 15.0. The van der Waals surface area contributed by atoms with E-state index in [0.717, 1.165) is 9.25 Å². The Hall–Kier alpha value is -3.91. The van der Waals surface area contributed by atoms with Crippen molar-refractivity contribution in [1.82, 2.24) is 19.7 Å². The van der Waals surface area contributed by atoms with Crippen molar-refractivity contribution >= 4 is 17.5 Å². The van der Waals surface area contributed by atoms with Crippen LogP contribution in [0, 0.1) is 0 Å². The molecule has 1 amide bonds. The standard InChI is InChI=1S/C22H17ClN4O4/c23-16-7-4-6-15(12-16)14-26-21(29)19(20(28)24-13-18-10-5-11-31-18)25-27(22(26)30)17-8-2-1-3-9-17/h1-12H,13-14H2,(H,24,28). The fourth-order valence-corrected chi connectivity index (χ4v) is 3.23. The smallest absolute Gasteiger partial charge is 0.352 e. The molecule has 0 bridgehead atoms. The van der Waals surface area contributed by atoms with Crippen LogP contribution in [0.15, 0.2) is 87.0 Å². The van der Waals surface area contributed by atoms with E-state index in [4.69, 9.17) is 16.0 Å². The normalized spacial score (nSPS) is 10.7. The molecule has 2 aromatic carbocycles. The van der Waals surface area contributed by atoms with Gasteiger partial charge in [0.25, 0.3) is 11.5 Å². The van der Waals surface area contributed by atoms with Crippen molar-refractivity contribution in [2.45, 2.75) is 13.1 Å². The molecule has 0 aliphatic carbocycles. The van der Waals surface area contributed by atoms with Crippen LogP contribution in [-0.2, 0) is 13.1 Å². The molecule has 0 atom stereocenters. The van der Waals surface area contributed by atoms with Gasteiger partial charge in [-0.1, -0.05) is 41.9 Å². The molecule has 4 rings (SSSR count). The van der Waals surface area contributed by atoms with Crippen LogP contribution >= 0.6 is 11.6 Å². The number of nitrogens with one attached hydrogen (secondary N) is 1. The van der Waals surface area contributed by atoms with Crippen LogP contribution in [-0.4, -0.2) is 20.3 Å². The summed E-state index contributed by atoms with van der Waals surface area (Å²) in [5, 5.41) is 7.13. The topological polar surface area (TPSA) is 99.1 Å². The second-order valence-corrected chi connectivity index (χ2v) is 7.10. The predicted molar refractivity (Wildman–Crippen MR) is 115 cm³/mol. The maximum absolute atomic E-state index is 13.1. The second-order valence-electron chi connectivity index (χ2n) is 6.66. The van der Waals surface area contributed by atoms with Crippen molar-refractivity contribution in [2.75, 3.05) is 0 Å². The molecule has 156 valence electrons. The maximum atomic E-state index is 13.1. The molecule has 9 heteroatoms. The number of carbonyl (C=O) groups is 1. The molecule has 0 aliphatic heterocycles. The molecule has 1 N–H and O–H groups in total. The summed E-state index contributed by atoms with van der Waals surface area (Å²) >= 11 is 6.03. The van der Waals surface area contributed by atoms with E-state index in [2.05, 4.69) is 10.4 Å². The van der Waals surface area contributed by atoms with Crippen molar-refractivity contribution in [3.63, 3.8) is 0 Å². The van der Waals surface area contributed by atoms with E-state index >= 15 is 0 Å². The van der Waals surface area contributed by atoms with E-state index < -0.39 is 22.9 Å². The highest BCUT2D eigenvalue weighted by Gasteiger charge is 2.20. The summed E-state index contributed by atoms with van der Waals surface area (Å²) in [5.41, 5.74) is -0.809. The lowest BCUT2D eigenvalue weighted by molar-refractivity contribution is 0.0938. The number of carbonyl (C=O) groups excluding carboxylic acids is 1. The van der Waals surface area contributed by atoms with E-state index in [1.807, 2.05) is 0 Å². The number of para-hydroxylation sites is 1. The number of furan rings is 1. The zero-order chi connectivity index (χ0) is 21.8. The fourth-order valence-electron chi connectivity index (χ4n) is 3.02. The van der Waals surface area contributed by atoms with Crippen molar-refractivity contribution in [3.8, 4) is 5.69 Å². The van der Waals surface area contributed by atoms with Gasteiger partial charge in [-0.3, -0.25) is 14.2 Å². The number of nitrogens with zero attached hydrogens (tertiary/aromatic N) is 3.